The third-order valence-electron chi connectivity index (χ3n) is 3.63. The smallest absolute Gasteiger partial charge is 0.198 e. The van der Waals surface area contributed by atoms with Crippen molar-refractivity contribution >= 4 is 35.6 Å². The van der Waals surface area contributed by atoms with E-state index in [1.165, 1.54) is 19.3 Å². The number of aliphatic imine (C=N–C) groups is 1. The number of aliphatic hydroxyl groups excluding tert-OH is 1. The molecule has 0 bridgehead atoms. The maximum absolute atomic E-state index is 8.68. The Morgan fingerprint density at radius 2 is 1.87 bits per heavy atom. The van der Waals surface area contributed by atoms with Gasteiger partial charge in [-0.05, 0) is 37.8 Å². The van der Waals surface area contributed by atoms with Gasteiger partial charge in [-0.25, -0.2) is 0 Å². The second kappa shape index (κ2) is 12.5. The van der Waals surface area contributed by atoms with Gasteiger partial charge in [0.1, 0.15) is 0 Å². The van der Waals surface area contributed by atoms with Crippen LogP contribution in [0.4, 0.5) is 5.69 Å². The zero-order valence-electron chi connectivity index (χ0n) is 13.6. The molecule has 1 aromatic carbocycles. The Hall–Kier alpha value is -0.860. The highest BCUT2D eigenvalue weighted by Gasteiger charge is 2.14. The number of anilines is 1. The van der Waals surface area contributed by atoms with Gasteiger partial charge in [-0.2, -0.15) is 0 Å². The van der Waals surface area contributed by atoms with Crippen molar-refractivity contribution in [1.82, 2.24) is 4.90 Å². The van der Waals surface area contributed by atoms with E-state index in [0.29, 0.717) is 13.2 Å². The first-order valence-electron chi connectivity index (χ1n) is 8.20. The second-order valence-corrected chi connectivity index (χ2v) is 5.43. The topological polar surface area (TPSA) is 57.1 Å². The van der Waals surface area contributed by atoms with Crippen molar-refractivity contribution in [3.63, 3.8) is 0 Å². The van der Waals surface area contributed by atoms with E-state index in [4.69, 9.17) is 14.8 Å². The highest BCUT2D eigenvalue weighted by atomic mass is 127. The van der Waals surface area contributed by atoms with Crippen molar-refractivity contribution in [2.75, 3.05) is 44.8 Å². The van der Waals surface area contributed by atoms with Gasteiger partial charge < -0.3 is 20.1 Å². The number of likely N-dealkylation sites (tertiary alicyclic amines) is 1. The Balaban J connectivity index is 0.00000264. The zero-order valence-corrected chi connectivity index (χ0v) is 15.9. The van der Waals surface area contributed by atoms with E-state index in [0.717, 1.165) is 37.7 Å². The molecule has 130 valence electrons. The van der Waals surface area contributed by atoms with Crippen molar-refractivity contribution < 1.29 is 9.84 Å². The number of halogens is 1. The summed E-state index contributed by atoms with van der Waals surface area (Å²) in [5.74, 6) is 0.966. The molecular formula is C17H28IN3O2. The molecule has 5 nitrogen and oxygen atoms in total. The van der Waals surface area contributed by atoms with Crippen LogP contribution >= 0.6 is 24.0 Å². The van der Waals surface area contributed by atoms with Crippen LogP contribution in [0.1, 0.15) is 25.7 Å². The fourth-order valence-corrected chi connectivity index (χ4v) is 2.49. The lowest BCUT2D eigenvalue weighted by Crippen LogP contribution is -2.40. The Kier molecular flexibility index (Phi) is 11.0. The number of hydrogen-bond acceptors (Lipinski definition) is 3. The maximum atomic E-state index is 8.68. The molecule has 0 unspecified atom stereocenters. The molecule has 6 heteroatoms. The minimum atomic E-state index is 0. The van der Waals surface area contributed by atoms with Crippen LogP contribution in [0.3, 0.4) is 0 Å². The average Bonchev–Trinajstić information content (AvgIpc) is 2.58. The van der Waals surface area contributed by atoms with Gasteiger partial charge in [0.15, 0.2) is 5.96 Å². The molecule has 1 aliphatic rings. The molecule has 23 heavy (non-hydrogen) atoms. The van der Waals surface area contributed by atoms with Crippen molar-refractivity contribution in [3.8, 4) is 0 Å². The van der Waals surface area contributed by atoms with Crippen LogP contribution in [0.2, 0.25) is 0 Å². The molecule has 0 spiro atoms. The van der Waals surface area contributed by atoms with E-state index in [2.05, 4.69) is 22.3 Å². The van der Waals surface area contributed by atoms with Crippen LogP contribution in [-0.2, 0) is 4.74 Å². The fraction of sp³-hybridized carbons (Fsp3) is 0.588. The predicted octanol–water partition coefficient (Wildman–Crippen LogP) is 2.96. The summed E-state index contributed by atoms with van der Waals surface area (Å²) >= 11 is 0. The molecule has 2 rings (SSSR count). The Bertz CT molecular complexity index is 437. The van der Waals surface area contributed by atoms with Crippen LogP contribution in [-0.4, -0.2) is 55.4 Å². The summed E-state index contributed by atoms with van der Waals surface area (Å²) in [6.45, 7) is 4.00. The van der Waals surface area contributed by atoms with Crippen molar-refractivity contribution in [2.45, 2.75) is 25.7 Å². The molecule has 0 amide bonds. The maximum Gasteiger partial charge on any atom is 0.198 e. The normalized spacial score (nSPS) is 15.2. The number of benzene rings is 1. The summed E-state index contributed by atoms with van der Waals surface area (Å²) in [7, 11) is 0. The molecule has 0 aliphatic carbocycles. The monoisotopic (exact) mass is 433 g/mol. The lowest BCUT2D eigenvalue weighted by Gasteiger charge is -2.30. The van der Waals surface area contributed by atoms with Gasteiger partial charge in [-0.3, -0.25) is 4.99 Å². The first-order chi connectivity index (χ1) is 10.9. The molecule has 1 saturated heterocycles. The fourth-order valence-electron chi connectivity index (χ4n) is 2.49. The van der Waals surface area contributed by atoms with E-state index < -0.39 is 0 Å². The van der Waals surface area contributed by atoms with E-state index in [-0.39, 0.29) is 30.6 Å². The third-order valence-corrected chi connectivity index (χ3v) is 3.63. The number of nitrogens with zero attached hydrogens (tertiary/aromatic N) is 2. The average molecular weight is 433 g/mol. The molecular weight excluding hydrogens is 405 g/mol. The first kappa shape index (κ1) is 20.2. The summed E-state index contributed by atoms with van der Waals surface area (Å²) in [5, 5.41) is 12.1. The summed E-state index contributed by atoms with van der Waals surface area (Å²) in [5.41, 5.74) is 1.07. The zero-order chi connectivity index (χ0) is 15.5. The number of guanidine groups is 1. The van der Waals surface area contributed by atoms with Crippen molar-refractivity contribution in [3.05, 3.63) is 30.3 Å². The Labute approximate surface area is 156 Å². The Morgan fingerprint density at radius 1 is 1.13 bits per heavy atom. The number of rotatable bonds is 7. The largest absolute Gasteiger partial charge is 0.394 e. The molecule has 1 heterocycles. The van der Waals surface area contributed by atoms with E-state index in [1.54, 1.807) is 0 Å². The molecule has 0 atom stereocenters. The summed E-state index contributed by atoms with van der Waals surface area (Å²) < 4.78 is 5.28. The van der Waals surface area contributed by atoms with E-state index in [1.807, 2.05) is 18.2 Å². The molecule has 0 aromatic heterocycles. The molecule has 1 aliphatic heterocycles. The number of piperidine rings is 1. The number of para-hydroxylation sites is 1. The highest BCUT2D eigenvalue weighted by Crippen LogP contribution is 2.12. The summed E-state index contributed by atoms with van der Waals surface area (Å²) in [4.78, 5) is 7.07. The Morgan fingerprint density at radius 3 is 2.57 bits per heavy atom. The predicted molar refractivity (Wildman–Crippen MR) is 106 cm³/mol. The lowest BCUT2D eigenvalue weighted by molar-refractivity contribution is 0.0917. The molecule has 1 aromatic rings. The van der Waals surface area contributed by atoms with Crippen LogP contribution in [0.5, 0.6) is 0 Å². The van der Waals surface area contributed by atoms with Gasteiger partial charge >= 0.3 is 0 Å². The summed E-state index contributed by atoms with van der Waals surface area (Å²) in [6.07, 6.45) is 4.64. The van der Waals surface area contributed by atoms with Crippen LogP contribution < -0.4 is 5.32 Å². The van der Waals surface area contributed by atoms with Crippen molar-refractivity contribution in [2.24, 2.45) is 4.99 Å². The van der Waals surface area contributed by atoms with Gasteiger partial charge in [0.2, 0.25) is 0 Å². The van der Waals surface area contributed by atoms with E-state index in [9.17, 15) is 0 Å². The van der Waals surface area contributed by atoms with Crippen molar-refractivity contribution in [1.29, 1.82) is 0 Å². The lowest BCUT2D eigenvalue weighted by atomic mass is 10.1. The standard InChI is InChI=1S/C17H27N3O2.HI/c21-13-15-22-14-7-10-18-17(20-11-5-2-6-12-20)19-16-8-3-1-4-9-16;/h1,3-4,8-9,21H,2,5-7,10-15H2,(H,18,19);1H. The molecule has 0 radical (unpaired) electrons. The minimum Gasteiger partial charge on any atom is -0.394 e. The number of hydrogen-bond donors (Lipinski definition) is 2. The minimum absolute atomic E-state index is 0. The quantitative estimate of drug-likeness (QED) is 0.301. The molecule has 2 N–H and O–H groups in total. The SMILES string of the molecule is I.OCCOCCCN=C(Nc1ccccc1)N1CCCCC1. The van der Waals surface area contributed by atoms with Gasteiger partial charge in [0.25, 0.3) is 0 Å². The van der Waals surface area contributed by atoms with Crippen LogP contribution in [0.15, 0.2) is 35.3 Å². The third kappa shape index (κ3) is 7.99. The van der Waals surface area contributed by atoms with Gasteiger partial charge in [0.05, 0.1) is 13.2 Å². The molecule has 1 fully saturated rings. The first-order valence-corrected chi connectivity index (χ1v) is 8.20. The molecule has 0 saturated carbocycles. The second-order valence-electron chi connectivity index (χ2n) is 5.43. The summed E-state index contributed by atoms with van der Waals surface area (Å²) in [6, 6.07) is 10.2. The van der Waals surface area contributed by atoms with Gasteiger partial charge in [-0.15, -0.1) is 24.0 Å². The number of nitrogens with one attached hydrogen (secondary N) is 1. The highest BCUT2D eigenvalue weighted by molar-refractivity contribution is 14.0. The number of aliphatic hydroxyl groups is 1. The van der Waals surface area contributed by atoms with Crippen LogP contribution in [0.25, 0.3) is 0 Å². The van der Waals surface area contributed by atoms with Gasteiger partial charge in [0, 0.05) is 31.9 Å². The number of ether oxygens (including phenoxy) is 1. The van der Waals surface area contributed by atoms with E-state index >= 15 is 0 Å². The van der Waals surface area contributed by atoms with Crippen LogP contribution in [0, 0.1) is 0 Å². The van der Waals surface area contributed by atoms with Gasteiger partial charge in [-0.1, -0.05) is 18.2 Å².